The molecule has 0 saturated carbocycles. The molecule has 0 saturated heterocycles. The van der Waals surface area contributed by atoms with E-state index in [0.29, 0.717) is 0 Å². The summed E-state index contributed by atoms with van der Waals surface area (Å²) >= 11 is 0. The van der Waals surface area contributed by atoms with Crippen LogP contribution >= 0.6 is 0 Å². The van der Waals surface area contributed by atoms with E-state index >= 15 is 0 Å². The van der Waals surface area contributed by atoms with E-state index in [4.69, 9.17) is 5.11 Å². The van der Waals surface area contributed by atoms with Crippen LogP contribution in [0.15, 0.2) is 0 Å². The van der Waals surface area contributed by atoms with E-state index in [1.165, 1.54) is 57.8 Å². The number of aliphatic carboxylic acids is 1. The number of carbonyl (C=O) groups is 1. The van der Waals surface area contributed by atoms with E-state index in [9.17, 15) is 4.79 Å². The first-order valence-electron chi connectivity index (χ1n) is 7.62. The van der Waals surface area contributed by atoms with Crippen LogP contribution < -0.4 is 5.32 Å². The monoisotopic (exact) mass is 257 g/mol. The molecule has 1 atom stereocenters. The second kappa shape index (κ2) is 12.9. The molecule has 0 spiro atoms. The highest BCUT2D eigenvalue weighted by Crippen LogP contribution is 2.09. The third-order valence-corrected chi connectivity index (χ3v) is 3.25. The maximum absolute atomic E-state index is 10.5. The van der Waals surface area contributed by atoms with Crippen LogP contribution in [0.1, 0.15) is 78.1 Å². The van der Waals surface area contributed by atoms with Crippen molar-refractivity contribution < 1.29 is 9.90 Å². The standard InChI is InChI=1S/C15H31NO2/c1-3-4-5-6-7-8-9-10-11-12-16-14(2)13-15(17)18/h14,16H,3-13H2,1-2H3,(H,17,18). The molecule has 0 bridgehead atoms. The van der Waals surface area contributed by atoms with E-state index in [0.717, 1.165) is 6.54 Å². The molecule has 1 unspecified atom stereocenters. The lowest BCUT2D eigenvalue weighted by atomic mass is 10.1. The topological polar surface area (TPSA) is 49.3 Å². The van der Waals surface area contributed by atoms with Gasteiger partial charge in [-0.15, -0.1) is 0 Å². The number of carboxylic acid groups (broad SMARTS) is 1. The molecule has 18 heavy (non-hydrogen) atoms. The summed E-state index contributed by atoms with van der Waals surface area (Å²) in [5.74, 6) is -0.720. The SMILES string of the molecule is CCCCCCCCCCCNC(C)CC(=O)O. The third-order valence-electron chi connectivity index (χ3n) is 3.25. The zero-order valence-electron chi connectivity index (χ0n) is 12.2. The minimum atomic E-state index is -0.720. The van der Waals surface area contributed by atoms with E-state index in [1.54, 1.807) is 0 Å². The quantitative estimate of drug-likeness (QED) is 0.491. The van der Waals surface area contributed by atoms with Crippen molar-refractivity contribution in [3.05, 3.63) is 0 Å². The third kappa shape index (κ3) is 13.5. The van der Waals surface area contributed by atoms with Gasteiger partial charge in [-0.2, -0.15) is 0 Å². The van der Waals surface area contributed by atoms with Crippen molar-refractivity contribution >= 4 is 5.97 Å². The summed E-state index contributed by atoms with van der Waals surface area (Å²) in [6.45, 7) is 5.13. The van der Waals surface area contributed by atoms with Gasteiger partial charge in [0.2, 0.25) is 0 Å². The second-order valence-corrected chi connectivity index (χ2v) is 5.28. The fourth-order valence-corrected chi connectivity index (χ4v) is 2.12. The number of rotatable bonds is 13. The van der Waals surface area contributed by atoms with Gasteiger partial charge in [-0.25, -0.2) is 0 Å². The van der Waals surface area contributed by atoms with Crippen LogP contribution in [-0.2, 0) is 4.79 Å². The zero-order valence-corrected chi connectivity index (χ0v) is 12.2. The summed E-state index contributed by atoms with van der Waals surface area (Å²) in [5, 5.41) is 11.9. The maximum Gasteiger partial charge on any atom is 0.304 e. The molecule has 0 aliphatic heterocycles. The lowest BCUT2D eigenvalue weighted by Crippen LogP contribution is -2.29. The molecule has 0 rings (SSSR count). The van der Waals surface area contributed by atoms with Crippen LogP contribution in [-0.4, -0.2) is 23.7 Å². The summed E-state index contributed by atoms with van der Waals surface area (Å²) in [4.78, 5) is 10.5. The Labute approximate surface area is 112 Å². The Morgan fingerprint density at radius 1 is 1.00 bits per heavy atom. The Hall–Kier alpha value is -0.570. The summed E-state index contributed by atoms with van der Waals surface area (Å²) in [7, 11) is 0. The number of nitrogens with one attached hydrogen (secondary N) is 1. The predicted octanol–water partition coefficient (Wildman–Crippen LogP) is 3.97. The molecule has 0 aromatic carbocycles. The highest BCUT2D eigenvalue weighted by Gasteiger charge is 2.05. The largest absolute Gasteiger partial charge is 0.481 e. The molecule has 0 radical (unpaired) electrons. The molecule has 0 amide bonds. The van der Waals surface area contributed by atoms with Crippen LogP contribution in [0.2, 0.25) is 0 Å². The second-order valence-electron chi connectivity index (χ2n) is 5.28. The number of carboxylic acids is 1. The Kier molecular flexibility index (Phi) is 12.5. The maximum atomic E-state index is 10.5. The Bertz CT molecular complexity index is 195. The van der Waals surface area contributed by atoms with E-state index < -0.39 is 5.97 Å². The molecular weight excluding hydrogens is 226 g/mol. The van der Waals surface area contributed by atoms with E-state index in [1.807, 2.05) is 6.92 Å². The van der Waals surface area contributed by atoms with Crippen molar-refractivity contribution in [2.45, 2.75) is 84.1 Å². The zero-order chi connectivity index (χ0) is 13.6. The van der Waals surface area contributed by atoms with Gasteiger partial charge in [-0.05, 0) is 19.9 Å². The normalized spacial score (nSPS) is 12.6. The van der Waals surface area contributed by atoms with Gasteiger partial charge in [-0.1, -0.05) is 58.3 Å². The number of hydrogen-bond donors (Lipinski definition) is 2. The van der Waals surface area contributed by atoms with Gasteiger partial charge in [0.15, 0.2) is 0 Å². The van der Waals surface area contributed by atoms with Gasteiger partial charge in [0.1, 0.15) is 0 Å². The van der Waals surface area contributed by atoms with Crippen LogP contribution in [0.4, 0.5) is 0 Å². The smallest absolute Gasteiger partial charge is 0.304 e. The fourth-order valence-electron chi connectivity index (χ4n) is 2.12. The van der Waals surface area contributed by atoms with Crippen LogP contribution in [0, 0.1) is 0 Å². The Balaban J connectivity index is 3.09. The van der Waals surface area contributed by atoms with Crippen molar-refractivity contribution in [2.75, 3.05) is 6.54 Å². The molecule has 2 N–H and O–H groups in total. The van der Waals surface area contributed by atoms with Crippen LogP contribution in [0.3, 0.4) is 0 Å². The van der Waals surface area contributed by atoms with Crippen molar-refractivity contribution in [3.63, 3.8) is 0 Å². The van der Waals surface area contributed by atoms with Gasteiger partial charge >= 0.3 is 5.97 Å². The van der Waals surface area contributed by atoms with Crippen molar-refractivity contribution in [1.29, 1.82) is 0 Å². The highest BCUT2D eigenvalue weighted by molar-refractivity contribution is 5.67. The van der Waals surface area contributed by atoms with Crippen LogP contribution in [0.5, 0.6) is 0 Å². The summed E-state index contributed by atoms with van der Waals surface area (Å²) < 4.78 is 0. The van der Waals surface area contributed by atoms with Crippen LogP contribution in [0.25, 0.3) is 0 Å². The molecule has 3 heteroatoms. The molecular formula is C15H31NO2. The Morgan fingerprint density at radius 2 is 1.50 bits per heavy atom. The van der Waals surface area contributed by atoms with Gasteiger partial charge in [-0.3, -0.25) is 4.79 Å². The van der Waals surface area contributed by atoms with Crippen molar-refractivity contribution in [3.8, 4) is 0 Å². The molecule has 0 fully saturated rings. The predicted molar refractivity (Wildman–Crippen MR) is 76.9 cm³/mol. The molecule has 108 valence electrons. The Morgan fingerprint density at radius 3 is 2.00 bits per heavy atom. The lowest BCUT2D eigenvalue weighted by molar-refractivity contribution is -0.137. The number of unbranched alkanes of at least 4 members (excludes halogenated alkanes) is 8. The van der Waals surface area contributed by atoms with E-state index in [2.05, 4.69) is 12.2 Å². The minimum Gasteiger partial charge on any atom is -0.481 e. The highest BCUT2D eigenvalue weighted by atomic mass is 16.4. The van der Waals surface area contributed by atoms with Crippen molar-refractivity contribution in [1.82, 2.24) is 5.32 Å². The first-order valence-corrected chi connectivity index (χ1v) is 7.62. The first kappa shape index (κ1) is 17.4. The van der Waals surface area contributed by atoms with E-state index in [-0.39, 0.29) is 12.5 Å². The molecule has 3 nitrogen and oxygen atoms in total. The van der Waals surface area contributed by atoms with Gasteiger partial charge in [0.25, 0.3) is 0 Å². The lowest BCUT2D eigenvalue weighted by Gasteiger charge is -2.10. The first-order chi connectivity index (χ1) is 8.66. The summed E-state index contributed by atoms with van der Waals surface area (Å²) in [5.41, 5.74) is 0. The molecule has 0 aliphatic carbocycles. The molecule has 0 aliphatic rings. The van der Waals surface area contributed by atoms with Crippen molar-refractivity contribution in [2.24, 2.45) is 0 Å². The minimum absolute atomic E-state index is 0.0940. The molecule has 0 aromatic heterocycles. The van der Waals surface area contributed by atoms with Gasteiger partial charge in [0, 0.05) is 6.04 Å². The van der Waals surface area contributed by atoms with Gasteiger partial charge < -0.3 is 10.4 Å². The molecule has 0 aromatic rings. The number of hydrogen-bond acceptors (Lipinski definition) is 2. The average molecular weight is 257 g/mol. The summed E-state index contributed by atoms with van der Waals surface area (Å²) in [6.07, 6.45) is 12.2. The van der Waals surface area contributed by atoms with Gasteiger partial charge in [0.05, 0.1) is 6.42 Å². The molecule has 0 heterocycles. The average Bonchev–Trinajstić information content (AvgIpc) is 2.30. The fraction of sp³-hybridized carbons (Fsp3) is 0.933. The summed E-state index contributed by atoms with van der Waals surface area (Å²) in [6, 6.07) is 0.0940.